The number of carbonyl (C=O) groups excluding carboxylic acids is 1. The third-order valence-corrected chi connectivity index (χ3v) is 6.47. The van der Waals surface area contributed by atoms with Gasteiger partial charge in [0.25, 0.3) is 5.91 Å². The maximum atomic E-state index is 12.8. The smallest absolute Gasteiger partial charge is 0.253 e. The van der Waals surface area contributed by atoms with Crippen LogP contribution in [-0.4, -0.2) is 45.9 Å². The average Bonchev–Trinajstić information content (AvgIpc) is 3.27. The Morgan fingerprint density at radius 3 is 2.61 bits per heavy atom. The Kier molecular flexibility index (Phi) is 9.52. The van der Waals surface area contributed by atoms with Gasteiger partial charge in [-0.3, -0.25) is 4.79 Å². The first-order chi connectivity index (χ1) is 17.4. The Morgan fingerprint density at radius 2 is 1.94 bits per heavy atom. The van der Waals surface area contributed by atoms with Gasteiger partial charge in [0, 0.05) is 23.9 Å². The first-order valence-electron chi connectivity index (χ1n) is 11.4. The van der Waals surface area contributed by atoms with E-state index >= 15 is 0 Å². The van der Waals surface area contributed by atoms with Gasteiger partial charge in [-0.25, -0.2) is 5.43 Å². The van der Waals surface area contributed by atoms with E-state index in [9.17, 15) is 4.79 Å². The van der Waals surface area contributed by atoms with Crippen molar-refractivity contribution in [3.8, 4) is 11.5 Å². The number of anilines is 1. The number of rotatable bonds is 12. The molecule has 0 aliphatic heterocycles. The van der Waals surface area contributed by atoms with E-state index in [1.165, 1.54) is 17.3 Å². The molecule has 0 fully saturated rings. The van der Waals surface area contributed by atoms with Crippen LogP contribution in [0, 0.1) is 6.92 Å². The lowest BCUT2D eigenvalue weighted by Crippen LogP contribution is -2.28. The van der Waals surface area contributed by atoms with E-state index in [1.54, 1.807) is 40.2 Å². The molecule has 2 N–H and O–H groups in total. The molecular formula is C26H32N6O3S. The number of hydrogen-bond acceptors (Lipinski definition) is 8. The molecule has 3 aromatic rings. The first kappa shape index (κ1) is 26.8. The lowest BCUT2D eigenvalue weighted by molar-refractivity contribution is -0.120. The second-order valence-corrected chi connectivity index (χ2v) is 9.33. The normalized spacial score (nSPS) is 12.1. The van der Waals surface area contributed by atoms with Crippen molar-refractivity contribution in [1.29, 1.82) is 0 Å². The number of benzene rings is 2. The Bertz CT molecular complexity index is 1220. The van der Waals surface area contributed by atoms with E-state index in [4.69, 9.17) is 9.47 Å². The number of ether oxygens (including phenoxy) is 2. The minimum atomic E-state index is -0.454. The van der Waals surface area contributed by atoms with E-state index in [0.29, 0.717) is 35.5 Å². The molecule has 2 aromatic carbocycles. The van der Waals surface area contributed by atoms with E-state index < -0.39 is 5.25 Å². The third-order valence-electron chi connectivity index (χ3n) is 5.39. The van der Waals surface area contributed by atoms with Crippen molar-refractivity contribution in [1.82, 2.24) is 20.2 Å². The van der Waals surface area contributed by atoms with Gasteiger partial charge in [0.1, 0.15) is 11.5 Å². The monoisotopic (exact) mass is 508 g/mol. The fourth-order valence-corrected chi connectivity index (χ4v) is 4.17. The number of hydrogen-bond donors (Lipinski definition) is 2. The van der Waals surface area contributed by atoms with Crippen molar-refractivity contribution < 1.29 is 14.3 Å². The summed E-state index contributed by atoms with van der Waals surface area (Å²) >= 11 is 1.31. The molecule has 0 spiro atoms. The van der Waals surface area contributed by atoms with Gasteiger partial charge >= 0.3 is 0 Å². The SMILES string of the molecule is C=CCn1c(CNc2ccc(C)cc2)nnc1S[C@@H](C)C(=O)N/N=C(\C)c1ccc(OC)cc1OC. The van der Waals surface area contributed by atoms with Crippen LogP contribution in [0.15, 0.2) is 65.4 Å². The fourth-order valence-electron chi connectivity index (χ4n) is 3.30. The van der Waals surface area contributed by atoms with E-state index in [0.717, 1.165) is 17.1 Å². The molecule has 3 rings (SSSR count). The zero-order valence-corrected chi connectivity index (χ0v) is 22.1. The molecule has 0 aliphatic carbocycles. The van der Waals surface area contributed by atoms with E-state index in [2.05, 4.69) is 32.6 Å². The van der Waals surface area contributed by atoms with Gasteiger partial charge in [0.2, 0.25) is 0 Å². The number of carbonyl (C=O) groups is 1. The molecule has 0 saturated carbocycles. The van der Waals surface area contributed by atoms with Crippen LogP contribution in [0.2, 0.25) is 0 Å². The number of nitrogens with zero attached hydrogens (tertiary/aromatic N) is 4. The molecule has 1 atom stereocenters. The van der Waals surface area contributed by atoms with E-state index in [1.807, 2.05) is 47.9 Å². The molecule has 0 saturated heterocycles. The zero-order valence-electron chi connectivity index (χ0n) is 21.2. The molecule has 36 heavy (non-hydrogen) atoms. The Balaban J connectivity index is 1.65. The topological polar surface area (TPSA) is 103 Å². The molecule has 1 aromatic heterocycles. The number of aryl methyl sites for hydroxylation is 1. The van der Waals surface area contributed by atoms with E-state index in [-0.39, 0.29) is 5.91 Å². The highest BCUT2D eigenvalue weighted by Gasteiger charge is 2.20. The molecule has 190 valence electrons. The Hall–Kier alpha value is -3.79. The van der Waals surface area contributed by atoms with Crippen LogP contribution in [0.25, 0.3) is 0 Å². The highest BCUT2D eigenvalue weighted by atomic mass is 32.2. The predicted octanol–water partition coefficient (Wildman–Crippen LogP) is 4.42. The summed E-state index contributed by atoms with van der Waals surface area (Å²) in [6.45, 7) is 10.5. The number of amides is 1. The molecule has 0 unspecified atom stereocenters. The largest absolute Gasteiger partial charge is 0.497 e. The molecule has 1 heterocycles. The standard InChI is InChI=1S/C26H32N6O3S/c1-7-14-32-24(16-27-20-10-8-17(2)9-11-20)29-31-26(32)36-19(4)25(33)30-28-18(3)22-13-12-21(34-5)15-23(22)35-6/h7-13,15,19,27H,1,14,16H2,2-6H3,(H,30,33)/b28-18+/t19-/m0/s1. The van der Waals surface area contributed by atoms with Gasteiger partial charge in [-0.1, -0.05) is 35.5 Å². The summed E-state index contributed by atoms with van der Waals surface area (Å²) in [5, 5.41) is 16.4. The molecule has 10 heteroatoms. The maximum Gasteiger partial charge on any atom is 0.253 e. The summed E-state index contributed by atoms with van der Waals surface area (Å²) < 4.78 is 12.6. The molecule has 0 aliphatic rings. The zero-order chi connectivity index (χ0) is 26.1. The summed E-state index contributed by atoms with van der Waals surface area (Å²) in [5.74, 6) is 1.79. The Morgan fingerprint density at radius 1 is 1.19 bits per heavy atom. The van der Waals surface area contributed by atoms with Crippen molar-refractivity contribution in [3.05, 3.63) is 72.1 Å². The van der Waals surface area contributed by atoms with Crippen molar-refractivity contribution in [3.63, 3.8) is 0 Å². The fraction of sp³-hybridized carbons (Fsp3) is 0.308. The van der Waals surface area contributed by atoms with Crippen LogP contribution in [0.5, 0.6) is 11.5 Å². The van der Waals surface area contributed by atoms with Gasteiger partial charge in [-0.05, 0) is 45.0 Å². The Labute approximate surface area is 216 Å². The van der Waals surface area contributed by atoms with Gasteiger partial charge in [0.15, 0.2) is 11.0 Å². The highest BCUT2D eigenvalue weighted by molar-refractivity contribution is 8.00. The van der Waals surface area contributed by atoms with Crippen LogP contribution < -0.4 is 20.2 Å². The summed E-state index contributed by atoms with van der Waals surface area (Å²) in [4.78, 5) is 12.8. The first-order valence-corrected chi connectivity index (χ1v) is 12.3. The van der Waals surface area contributed by atoms with Crippen molar-refractivity contribution in [2.45, 2.75) is 44.3 Å². The summed E-state index contributed by atoms with van der Waals surface area (Å²) in [6.07, 6.45) is 1.78. The van der Waals surface area contributed by atoms with Crippen molar-refractivity contribution in [2.24, 2.45) is 5.10 Å². The minimum absolute atomic E-state index is 0.251. The van der Waals surface area contributed by atoms with Crippen LogP contribution in [-0.2, 0) is 17.9 Å². The third kappa shape index (κ3) is 6.88. The highest BCUT2D eigenvalue weighted by Crippen LogP contribution is 2.26. The number of thioether (sulfide) groups is 1. The van der Waals surface area contributed by atoms with Crippen LogP contribution >= 0.6 is 11.8 Å². The summed E-state index contributed by atoms with van der Waals surface area (Å²) in [6, 6.07) is 13.6. The lowest BCUT2D eigenvalue weighted by atomic mass is 10.1. The number of methoxy groups -OCH3 is 2. The van der Waals surface area contributed by atoms with Crippen molar-refractivity contribution >= 4 is 29.1 Å². The number of nitrogens with one attached hydrogen (secondary N) is 2. The molecule has 9 nitrogen and oxygen atoms in total. The minimum Gasteiger partial charge on any atom is -0.497 e. The van der Waals surface area contributed by atoms with Gasteiger partial charge < -0.3 is 19.4 Å². The lowest BCUT2D eigenvalue weighted by Gasteiger charge is -2.13. The number of allylic oxidation sites excluding steroid dienone is 1. The average molecular weight is 509 g/mol. The quantitative estimate of drug-likeness (QED) is 0.162. The molecule has 1 amide bonds. The second-order valence-electron chi connectivity index (χ2n) is 8.02. The number of aromatic nitrogens is 3. The molecule has 0 bridgehead atoms. The molecule has 0 radical (unpaired) electrons. The van der Waals surface area contributed by atoms with Crippen molar-refractivity contribution in [2.75, 3.05) is 19.5 Å². The van der Waals surface area contributed by atoms with Gasteiger partial charge in [0.05, 0.1) is 31.7 Å². The van der Waals surface area contributed by atoms with Crippen LogP contribution in [0.3, 0.4) is 0 Å². The number of hydrazone groups is 1. The second kappa shape index (κ2) is 12.8. The summed E-state index contributed by atoms with van der Waals surface area (Å²) in [7, 11) is 3.17. The maximum absolute atomic E-state index is 12.8. The summed E-state index contributed by atoms with van der Waals surface area (Å²) in [5.41, 5.74) is 6.21. The van der Waals surface area contributed by atoms with Gasteiger partial charge in [-0.15, -0.1) is 16.8 Å². The van der Waals surface area contributed by atoms with Gasteiger partial charge in [-0.2, -0.15) is 5.10 Å². The van der Waals surface area contributed by atoms with Crippen LogP contribution in [0.1, 0.15) is 30.8 Å². The van der Waals surface area contributed by atoms with Crippen LogP contribution in [0.4, 0.5) is 5.69 Å². The molecular weight excluding hydrogens is 476 g/mol. The predicted molar refractivity (Wildman–Crippen MR) is 144 cm³/mol.